The van der Waals surface area contributed by atoms with Crippen molar-refractivity contribution in [2.75, 3.05) is 7.11 Å². The molecule has 1 unspecified atom stereocenters. The number of hydrogen-bond donors (Lipinski definition) is 1. The number of ether oxygens (including phenoxy) is 3. The van der Waals surface area contributed by atoms with Gasteiger partial charge in [-0.15, -0.1) is 0 Å². The highest BCUT2D eigenvalue weighted by atomic mass is 35.5. The summed E-state index contributed by atoms with van der Waals surface area (Å²) in [5, 5.41) is 3.43. The van der Waals surface area contributed by atoms with E-state index in [9.17, 15) is 9.59 Å². The molecule has 2 aromatic rings. The van der Waals surface area contributed by atoms with Gasteiger partial charge in [0, 0.05) is 10.6 Å². The number of esters is 1. The Bertz CT molecular complexity index is 858. The van der Waals surface area contributed by atoms with Crippen LogP contribution < -0.4 is 14.8 Å². The van der Waals surface area contributed by atoms with Crippen molar-refractivity contribution >= 4 is 23.5 Å². The molecule has 0 bridgehead atoms. The summed E-state index contributed by atoms with van der Waals surface area (Å²) in [6.07, 6.45) is -0.923. The van der Waals surface area contributed by atoms with E-state index >= 15 is 0 Å². The summed E-state index contributed by atoms with van der Waals surface area (Å²) in [6, 6.07) is 12.0. The Morgan fingerprint density at radius 3 is 2.31 bits per heavy atom. The second-order valence-electron chi connectivity index (χ2n) is 7.57. The number of rotatable bonds is 7. The fourth-order valence-electron chi connectivity index (χ4n) is 2.41. The molecule has 29 heavy (non-hydrogen) atoms. The van der Waals surface area contributed by atoms with Gasteiger partial charge in [0.25, 0.3) is 5.91 Å². The first-order chi connectivity index (χ1) is 13.6. The lowest BCUT2D eigenvalue weighted by atomic mass is 10.1. The number of amides is 1. The third kappa shape index (κ3) is 6.98. The molecular formula is C22H26ClNO5. The predicted molar refractivity (Wildman–Crippen MR) is 112 cm³/mol. The molecule has 0 aromatic heterocycles. The molecule has 2 aromatic carbocycles. The molecule has 0 aliphatic heterocycles. The summed E-state index contributed by atoms with van der Waals surface area (Å²) in [6.45, 7) is 7.41. The van der Waals surface area contributed by atoms with Crippen LogP contribution in [0.25, 0.3) is 0 Å². The lowest BCUT2D eigenvalue weighted by Crippen LogP contribution is -2.46. The van der Waals surface area contributed by atoms with Crippen molar-refractivity contribution in [1.82, 2.24) is 5.32 Å². The molecule has 0 aliphatic carbocycles. The first-order valence-corrected chi connectivity index (χ1v) is 9.55. The predicted octanol–water partition coefficient (Wildman–Crippen LogP) is 4.39. The van der Waals surface area contributed by atoms with E-state index in [-0.39, 0.29) is 11.5 Å². The second-order valence-corrected chi connectivity index (χ2v) is 8.00. The van der Waals surface area contributed by atoms with Crippen molar-refractivity contribution in [3.63, 3.8) is 0 Å². The average Bonchev–Trinajstić information content (AvgIpc) is 2.66. The van der Waals surface area contributed by atoms with E-state index in [1.54, 1.807) is 24.3 Å². The number of hydrogen-bond acceptors (Lipinski definition) is 5. The van der Waals surface area contributed by atoms with Crippen molar-refractivity contribution in [2.24, 2.45) is 0 Å². The minimum atomic E-state index is -0.923. The van der Waals surface area contributed by atoms with E-state index < -0.39 is 17.6 Å². The van der Waals surface area contributed by atoms with E-state index in [2.05, 4.69) is 5.32 Å². The third-order valence-corrected chi connectivity index (χ3v) is 4.11. The molecule has 6 nitrogen and oxygen atoms in total. The first-order valence-electron chi connectivity index (χ1n) is 9.17. The Morgan fingerprint density at radius 1 is 1.07 bits per heavy atom. The van der Waals surface area contributed by atoms with E-state index in [0.29, 0.717) is 23.1 Å². The smallest absolute Gasteiger partial charge is 0.339 e. The highest BCUT2D eigenvalue weighted by Crippen LogP contribution is 2.29. The molecule has 0 saturated heterocycles. The number of nitrogens with one attached hydrogen (secondary N) is 1. The zero-order valence-corrected chi connectivity index (χ0v) is 18.0. The van der Waals surface area contributed by atoms with Crippen LogP contribution >= 0.6 is 11.6 Å². The fourth-order valence-corrected chi connectivity index (χ4v) is 2.53. The molecule has 0 aliphatic rings. The van der Waals surface area contributed by atoms with E-state index in [1.165, 1.54) is 20.1 Å². The summed E-state index contributed by atoms with van der Waals surface area (Å²) >= 11 is 5.88. The first kappa shape index (κ1) is 22.6. The van der Waals surface area contributed by atoms with E-state index in [1.807, 2.05) is 32.9 Å². The van der Waals surface area contributed by atoms with Crippen LogP contribution in [-0.4, -0.2) is 30.6 Å². The van der Waals surface area contributed by atoms with Gasteiger partial charge in [-0.1, -0.05) is 23.7 Å². The standard InChI is InChI=1S/C22H26ClNO5/c1-14(20(25)24-22(2,3)4)29-21(26)16-8-11-18(19(12-16)27-5)28-13-15-6-9-17(23)10-7-15/h6-12,14H,13H2,1-5H3,(H,24,25). The van der Waals surface area contributed by atoms with E-state index in [4.69, 9.17) is 25.8 Å². The number of carbonyl (C=O) groups excluding carboxylic acids is 2. The maximum absolute atomic E-state index is 12.4. The maximum atomic E-state index is 12.4. The Labute approximate surface area is 176 Å². The van der Waals surface area contributed by atoms with Gasteiger partial charge >= 0.3 is 5.97 Å². The topological polar surface area (TPSA) is 73.9 Å². The highest BCUT2D eigenvalue weighted by molar-refractivity contribution is 6.30. The van der Waals surface area contributed by atoms with Crippen LogP contribution in [0.1, 0.15) is 43.6 Å². The molecule has 2 rings (SSSR count). The Balaban J connectivity index is 2.03. The zero-order chi connectivity index (χ0) is 21.6. The summed E-state index contributed by atoms with van der Waals surface area (Å²) < 4.78 is 16.4. The quantitative estimate of drug-likeness (QED) is 0.674. The van der Waals surface area contributed by atoms with E-state index in [0.717, 1.165) is 5.56 Å². The number of methoxy groups -OCH3 is 1. The second kappa shape index (κ2) is 9.65. The Morgan fingerprint density at radius 2 is 1.72 bits per heavy atom. The molecule has 0 radical (unpaired) electrons. The molecule has 7 heteroatoms. The lowest BCUT2D eigenvalue weighted by Gasteiger charge is -2.23. The summed E-state index contributed by atoms with van der Waals surface area (Å²) in [7, 11) is 1.49. The molecule has 1 N–H and O–H groups in total. The van der Waals surface area contributed by atoms with Crippen molar-refractivity contribution in [3.05, 3.63) is 58.6 Å². The van der Waals surface area contributed by atoms with Crippen LogP contribution in [0.4, 0.5) is 0 Å². The third-order valence-electron chi connectivity index (χ3n) is 3.86. The van der Waals surface area contributed by atoms with Gasteiger partial charge in [0.05, 0.1) is 12.7 Å². The van der Waals surface area contributed by atoms with Gasteiger partial charge in [0.15, 0.2) is 17.6 Å². The fraction of sp³-hybridized carbons (Fsp3) is 0.364. The highest BCUT2D eigenvalue weighted by Gasteiger charge is 2.23. The number of carbonyl (C=O) groups is 2. The number of halogens is 1. The minimum Gasteiger partial charge on any atom is -0.493 e. The molecule has 156 valence electrons. The molecule has 1 amide bonds. The maximum Gasteiger partial charge on any atom is 0.339 e. The van der Waals surface area contributed by atoms with Crippen LogP contribution in [0, 0.1) is 0 Å². The van der Waals surface area contributed by atoms with Crippen LogP contribution in [0.15, 0.2) is 42.5 Å². The van der Waals surface area contributed by atoms with Gasteiger partial charge in [0.1, 0.15) is 6.61 Å². The molecule has 0 saturated carbocycles. The monoisotopic (exact) mass is 419 g/mol. The lowest BCUT2D eigenvalue weighted by molar-refractivity contribution is -0.130. The van der Waals surface area contributed by atoms with Gasteiger partial charge < -0.3 is 19.5 Å². The van der Waals surface area contributed by atoms with Crippen molar-refractivity contribution in [2.45, 2.75) is 45.9 Å². The van der Waals surface area contributed by atoms with Crippen LogP contribution in [0.2, 0.25) is 5.02 Å². The zero-order valence-electron chi connectivity index (χ0n) is 17.2. The largest absolute Gasteiger partial charge is 0.493 e. The molecule has 0 spiro atoms. The molecule has 0 fully saturated rings. The SMILES string of the molecule is COc1cc(C(=O)OC(C)C(=O)NC(C)(C)C)ccc1OCc1ccc(Cl)cc1. The molecule has 1 atom stereocenters. The Kier molecular flexibility index (Phi) is 7.51. The van der Waals surface area contributed by atoms with Gasteiger partial charge in [-0.25, -0.2) is 4.79 Å². The van der Waals surface area contributed by atoms with Crippen molar-refractivity contribution in [1.29, 1.82) is 0 Å². The van der Waals surface area contributed by atoms with Gasteiger partial charge in [0.2, 0.25) is 0 Å². The van der Waals surface area contributed by atoms with Crippen LogP contribution in [0.5, 0.6) is 11.5 Å². The normalized spacial score (nSPS) is 12.1. The van der Waals surface area contributed by atoms with Crippen molar-refractivity contribution in [3.8, 4) is 11.5 Å². The molecule has 0 heterocycles. The summed E-state index contributed by atoms with van der Waals surface area (Å²) in [4.78, 5) is 24.5. The summed E-state index contributed by atoms with van der Waals surface area (Å²) in [5.41, 5.74) is 0.791. The van der Waals surface area contributed by atoms with Gasteiger partial charge in [-0.05, 0) is 63.6 Å². The van der Waals surface area contributed by atoms with Crippen LogP contribution in [-0.2, 0) is 16.1 Å². The number of benzene rings is 2. The van der Waals surface area contributed by atoms with Gasteiger partial charge in [-0.2, -0.15) is 0 Å². The van der Waals surface area contributed by atoms with Crippen molar-refractivity contribution < 1.29 is 23.8 Å². The summed E-state index contributed by atoms with van der Waals surface area (Å²) in [5.74, 6) is -0.109. The van der Waals surface area contributed by atoms with Gasteiger partial charge in [-0.3, -0.25) is 4.79 Å². The average molecular weight is 420 g/mol. The minimum absolute atomic E-state index is 0.260. The van der Waals surface area contributed by atoms with Crippen LogP contribution in [0.3, 0.4) is 0 Å². The Hall–Kier alpha value is -2.73. The molecular weight excluding hydrogens is 394 g/mol.